The van der Waals surface area contributed by atoms with Crippen molar-refractivity contribution >= 4 is 56.8 Å². The second-order valence-electron chi connectivity index (χ2n) is 8.40. The van der Waals surface area contributed by atoms with E-state index < -0.39 is 0 Å². The molecule has 0 atom stereocenters. The van der Waals surface area contributed by atoms with Gasteiger partial charge < -0.3 is 0 Å². The van der Waals surface area contributed by atoms with Gasteiger partial charge in [-0.15, -0.1) is 0 Å². The van der Waals surface area contributed by atoms with Gasteiger partial charge in [0.1, 0.15) is 7.05 Å². The van der Waals surface area contributed by atoms with E-state index >= 15 is 0 Å². The highest BCUT2D eigenvalue weighted by Crippen LogP contribution is 2.27. The summed E-state index contributed by atoms with van der Waals surface area (Å²) in [5, 5.41) is 2.34. The highest BCUT2D eigenvalue weighted by atomic mass is 14.9. The lowest BCUT2D eigenvalue weighted by molar-refractivity contribution is -0.617. The molecule has 0 aliphatic carbocycles. The number of pyridine rings is 1. The maximum Gasteiger partial charge on any atom is 0.214 e. The zero-order valence-corrected chi connectivity index (χ0v) is 19.2. The standard InChI is InChI=1S/C29H28N3/c1-18(2)23-13-24(19(3)4)15-25(14-23)20(5)31-27-11-9-22-12-21-8-10-26(30-6)16-28(21)32(7)29(22)17-27/h8-17H,1,3,6H2,2,4-5,7H3/q+1. The van der Waals surface area contributed by atoms with Crippen LogP contribution in [0.4, 0.5) is 11.4 Å². The summed E-state index contributed by atoms with van der Waals surface area (Å²) >= 11 is 0. The minimum atomic E-state index is 0.864. The van der Waals surface area contributed by atoms with Gasteiger partial charge in [-0.2, -0.15) is 4.57 Å². The molecule has 4 aromatic rings. The predicted octanol–water partition coefficient (Wildman–Crippen LogP) is 7.36. The summed E-state index contributed by atoms with van der Waals surface area (Å²) in [5.41, 5.74) is 10.3. The van der Waals surface area contributed by atoms with Gasteiger partial charge in [-0.25, -0.2) is 0 Å². The van der Waals surface area contributed by atoms with E-state index in [4.69, 9.17) is 4.99 Å². The second-order valence-corrected chi connectivity index (χ2v) is 8.40. The molecule has 1 heterocycles. The van der Waals surface area contributed by atoms with Crippen LogP contribution in [0, 0.1) is 0 Å². The van der Waals surface area contributed by atoms with Crippen LogP contribution >= 0.6 is 0 Å². The van der Waals surface area contributed by atoms with E-state index in [9.17, 15) is 0 Å². The monoisotopic (exact) mass is 418 g/mol. The molecule has 3 aromatic carbocycles. The minimum absolute atomic E-state index is 0.864. The lowest BCUT2D eigenvalue weighted by Gasteiger charge is -2.10. The number of hydrogen-bond donors (Lipinski definition) is 0. The van der Waals surface area contributed by atoms with Crippen molar-refractivity contribution in [3.63, 3.8) is 0 Å². The summed E-state index contributed by atoms with van der Waals surface area (Å²) in [7, 11) is 2.08. The zero-order valence-electron chi connectivity index (χ0n) is 19.2. The Morgan fingerprint density at radius 1 is 0.688 bits per heavy atom. The van der Waals surface area contributed by atoms with Crippen molar-refractivity contribution in [2.45, 2.75) is 20.8 Å². The molecule has 0 saturated heterocycles. The number of aryl methyl sites for hydroxylation is 1. The molecular weight excluding hydrogens is 390 g/mol. The number of rotatable bonds is 5. The molecule has 0 amide bonds. The Hall–Kier alpha value is -3.85. The SMILES string of the molecule is C=Nc1ccc2cc3ccc(/N=C(/C)c4cc(C(=C)C)cc(C(=C)C)c4)cc3[n+](C)c2c1. The smallest absolute Gasteiger partial charge is 0.214 e. The van der Waals surface area contributed by atoms with Crippen molar-refractivity contribution in [2.24, 2.45) is 17.0 Å². The fraction of sp³-hybridized carbons (Fsp3) is 0.138. The maximum absolute atomic E-state index is 4.95. The Balaban J connectivity index is 1.84. The molecule has 0 bridgehead atoms. The highest BCUT2D eigenvalue weighted by molar-refractivity contribution is 6.02. The van der Waals surface area contributed by atoms with Crippen molar-refractivity contribution in [3.8, 4) is 0 Å². The number of aliphatic imine (C=N–C) groups is 2. The quantitative estimate of drug-likeness (QED) is 0.184. The van der Waals surface area contributed by atoms with Gasteiger partial charge in [0.2, 0.25) is 11.0 Å². The summed E-state index contributed by atoms with van der Waals surface area (Å²) in [6, 6.07) is 21.1. The van der Waals surface area contributed by atoms with Crippen LogP contribution in [0.5, 0.6) is 0 Å². The van der Waals surface area contributed by atoms with Crippen molar-refractivity contribution in [3.05, 3.63) is 90.5 Å². The largest absolute Gasteiger partial charge is 0.264 e. The molecule has 3 heteroatoms. The molecule has 32 heavy (non-hydrogen) atoms. The van der Waals surface area contributed by atoms with E-state index in [0.717, 1.165) is 56.0 Å². The normalized spacial score (nSPS) is 11.7. The first kappa shape index (κ1) is 21.4. The first-order valence-corrected chi connectivity index (χ1v) is 10.6. The zero-order chi connectivity index (χ0) is 23.0. The third kappa shape index (κ3) is 4.02. The first-order chi connectivity index (χ1) is 15.3. The number of nitrogens with zero attached hydrogens (tertiary/aromatic N) is 3. The number of allylic oxidation sites excluding steroid dienone is 2. The Labute approximate surface area is 189 Å². The molecule has 158 valence electrons. The number of fused-ring (bicyclic) bond motifs is 2. The first-order valence-electron chi connectivity index (χ1n) is 10.6. The van der Waals surface area contributed by atoms with Crippen molar-refractivity contribution in [2.75, 3.05) is 0 Å². The fourth-order valence-corrected chi connectivity index (χ4v) is 3.94. The van der Waals surface area contributed by atoms with Gasteiger partial charge in [0.15, 0.2) is 0 Å². The van der Waals surface area contributed by atoms with Crippen LogP contribution in [-0.4, -0.2) is 12.4 Å². The van der Waals surface area contributed by atoms with Crippen LogP contribution < -0.4 is 4.57 Å². The topological polar surface area (TPSA) is 28.6 Å². The lowest BCUT2D eigenvalue weighted by atomic mass is 9.96. The molecule has 0 unspecified atom stereocenters. The summed E-state index contributed by atoms with van der Waals surface area (Å²) in [6.45, 7) is 18.0. The van der Waals surface area contributed by atoms with Crippen molar-refractivity contribution in [1.82, 2.24) is 0 Å². The molecule has 0 saturated carbocycles. The third-order valence-electron chi connectivity index (χ3n) is 5.88. The summed E-state index contributed by atoms with van der Waals surface area (Å²) in [5.74, 6) is 0. The molecule has 0 radical (unpaired) electrons. The van der Waals surface area contributed by atoms with Crippen LogP contribution in [-0.2, 0) is 7.05 Å². The average molecular weight is 419 g/mol. The Kier molecular flexibility index (Phi) is 5.58. The molecule has 0 N–H and O–H groups in total. The van der Waals surface area contributed by atoms with Crippen molar-refractivity contribution in [1.29, 1.82) is 0 Å². The third-order valence-corrected chi connectivity index (χ3v) is 5.88. The average Bonchev–Trinajstić information content (AvgIpc) is 2.79. The van der Waals surface area contributed by atoms with Gasteiger partial charge in [0, 0.05) is 28.6 Å². The van der Waals surface area contributed by atoms with Gasteiger partial charge in [0.05, 0.1) is 11.4 Å². The molecule has 1 aromatic heterocycles. The molecule has 0 fully saturated rings. The summed E-state index contributed by atoms with van der Waals surface area (Å²) in [6.07, 6.45) is 0. The van der Waals surface area contributed by atoms with Crippen LogP contribution in [0.15, 0.2) is 83.8 Å². The molecule has 4 rings (SSSR count). The second kappa shape index (κ2) is 8.35. The van der Waals surface area contributed by atoms with Crippen molar-refractivity contribution < 1.29 is 4.57 Å². The van der Waals surface area contributed by atoms with Crippen LogP contribution in [0.3, 0.4) is 0 Å². The molecule has 0 aliphatic rings. The van der Waals surface area contributed by atoms with Gasteiger partial charge in [-0.05, 0) is 92.7 Å². The van der Waals surface area contributed by atoms with Crippen LogP contribution in [0.25, 0.3) is 33.0 Å². The van der Waals surface area contributed by atoms with Crippen LogP contribution in [0.2, 0.25) is 0 Å². The number of hydrogen-bond acceptors (Lipinski definition) is 2. The molecular formula is C29H28N3+. The maximum atomic E-state index is 4.95. The number of aromatic nitrogens is 1. The highest BCUT2D eigenvalue weighted by Gasteiger charge is 2.13. The van der Waals surface area contributed by atoms with E-state index in [1.165, 1.54) is 10.8 Å². The fourth-order valence-electron chi connectivity index (χ4n) is 3.94. The molecule has 0 aliphatic heterocycles. The molecule has 0 spiro atoms. The van der Waals surface area contributed by atoms with E-state index in [1.807, 2.05) is 26.8 Å². The van der Waals surface area contributed by atoms with Gasteiger partial charge in [-0.3, -0.25) is 9.98 Å². The Morgan fingerprint density at radius 3 is 1.72 bits per heavy atom. The van der Waals surface area contributed by atoms with E-state index in [2.05, 4.69) is 91.1 Å². The Bertz CT molecular complexity index is 1420. The lowest BCUT2D eigenvalue weighted by Crippen LogP contribution is -2.29. The Morgan fingerprint density at radius 2 is 1.19 bits per heavy atom. The van der Waals surface area contributed by atoms with Gasteiger partial charge in [-0.1, -0.05) is 24.3 Å². The summed E-state index contributed by atoms with van der Waals surface area (Å²) in [4.78, 5) is 9.02. The summed E-state index contributed by atoms with van der Waals surface area (Å²) < 4.78 is 2.19. The number of benzene rings is 3. The van der Waals surface area contributed by atoms with Gasteiger partial charge >= 0.3 is 0 Å². The predicted molar refractivity (Wildman–Crippen MR) is 140 cm³/mol. The van der Waals surface area contributed by atoms with Crippen LogP contribution in [0.1, 0.15) is 37.5 Å². The van der Waals surface area contributed by atoms with E-state index in [-0.39, 0.29) is 0 Å². The van der Waals surface area contributed by atoms with Gasteiger partial charge in [0.25, 0.3) is 0 Å². The molecule has 3 nitrogen and oxygen atoms in total. The van der Waals surface area contributed by atoms with E-state index in [1.54, 1.807) is 0 Å². The van der Waals surface area contributed by atoms with E-state index in [0.29, 0.717) is 0 Å². The minimum Gasteiger partial charge on any atom is -0.264 e.